The Hall–Kier alpha value is -1.57. The third-order valence-corrected chi connectivity index (χ3v) is 3.52. The molecule has 8 heteroatoms. The normalized spacial score (nSPS) is 23.3. The van der Waals surface area contributed by atoms with Gasteiger partial charge in [-0.1, -0.05) is 6.58 Å². The molecule has 21 heavy (non-hydrogen) atoms. The number of rotatable bonds is 4. The van der Waals surface area contributed by atoms with E-state index in [1.807, 2.05) is 0 Å². The molecule has 2 N–H and O–H groups in total. The lowest BCUT2D eigenvalue weighted by Gasteiger charge is -2.29. The summed E-state index contributed by atoms with van der Waals surface area (Å²) < 4.78 is 38.3. The molecule has 1 unspecified atom stereocenters. The molecule has 1 saturated heterocycles. The first kappa shape index (κ1) is 17.5. The van der Waals surface area contributed by atoms with Gasteiger partial charge in [0.2, 0.25) is 11.8 Å². The van der Waals surface area contributed by atoms with Crippen LogP contribution in [0.5, 0.6) is 0 Å². The van der Waals surface area contributed by atoms with Crippen molar-refractivity contribution in [1.29, 1.82) is 0 Å². The third kappa shape index (κ3) is 4.73. The molecule has 1 aliphatic rings. The van der Waals surface area contributed by atoms with E-state index in [9.17, 15) is 27.9 Å². The highest BCUT2D eigenvalue weighted by Gasteiger charge is 2.53. The van der Waals surface area contributed by atoms with Gasteiger partial charge in [0, 0.05) is 32.5 Å². The van der Waals surface area contributed by atoms with Gasteiger partial charge in [0.25, 0.3) is 0 Å². The Labute approximate surface area is 120 Å². The van der Waals surface area contributed by atoms with Crippen LogP contribution in [0.25, 0.3) is 0 Å². The summed E-state index contributed by atoms with van der Waals surface area (Å²) in [5.74, 6) is -0.754. The van der Waals surface area contributed by atoms with Crippen molar-refractivity contribution in [3.63, 3.8) is 0 Å². The number of hydrogen-bond donors (Lipinski definition) is 2. The molecule has 2 amide bonds. The van der Waals surface area contributed by atoms with Gasteiger partial charge >= 0.3 is 6.18 Å². The second-order valence-corrected chi connectivity index (χ2v) is 5.01. The van der Waals surface area contributed by atoms with E-state index in [1.165, 1.54) is 4.90 Å². The maximum absolute atomic E-state index is 12.8. The van der Waals surface area contributed by atoms with E-state index in [0.717, 1.165) is 6.08 Å². The summed E-state index contributed by atoms with van der Waals surface area (Å²) in [5, 5.41) is 12.1. The van der Waals surface area contributed by atoms with Crippen LogP contribution < -0.4 is 5.32 Å². The second-order valence-electron chi connectivity index (χ2n) is 5.01. The molecular formula is C13H19F3N2O3. The summed E-state index contributed by atoms with van der Waals surface area (Å²) in [4.78, 5) is 24.1. The summed E-state index contributed by atoms with van der Waals surface area (Å²) in [7, 11) is 0. The van der Waals surface area contributed by atoms with Gasteiger partial charge in [-0.15, -0.1) is 0 Å². The Morgan fingerprint density at radius 1 is 1.33 bits per heavy atom. The van der Waals surface area contributed by atoms with Crippen molar-refractivity contribution in [3.05, 3.63) is 12.7 Å². The fraction of sp³-hybridized carbons (Fsp3) is 0.692. The largest absolute Gasteiger partial charge is 0.417 e. The molecule has 0 radical (unpaired) electrons. The first-order chi connectivity index (χ1) is 9.69. The standard InChI is InChI=1S/C13H19F3N2O3/c1-2-10(19)17-7-4-11(20)18-8-3-5-12(21,6-9-18)13(14,15)16/h2,21H,1,3-9H2,(H,17,19). The maximum Gasteiger partial charge on any atom is 0.417 e. The Kier molecular flexibility index (Phi) is 5.77. The number of amides is 2. The van der Waals surface area contributed by atoms with E-state index in [-0.39, 0.29) is 38.4 Å². The smallest absolute Gasteiger partial charge is 0.380 e. The zero-order valence-electron chi connectivity index (χ0n) is 11.6. The minimum absolute atomic E-state index is 0.00399. The van der Waals surface area contributed by atoms with Crippen LogP contribution in [-0.2, 0) is 9.59 Å². The Morgan fingerprint density at radius 3 is 2.57 bits per heavy atom. The summed E-state index contributed by atoms with van der Waals surface area (Å²) in [6.07, 6.45) is -4.47. The summed E-state index contributed by atoms with van der Waals surface area (Å²) in [6, 6.07) is 0. The summed E-state index contributed by atoms with van der Waals surface area (Å²) in [5.41, 5.74) is -2.72. The molecule has 0 aromatic rings. The Balaban J connectivity index is 2.49. The molecule has 5 nitrogen and oxygen atoms in total. The van der Waals surface area contributed by atoms with Crippen LogP contribution in [0.2, 0.25) is 0 Å². The van der Waals surface area contributed by atoms with Crippen molar-refractivity contribution in [3.8, 4) is 0 Å². The molecule has 0 bridgehead atoms. The van der Waals surface area contributed by atoms with E-state index >= 15 is 0 Å². The van der Waals surface area contributed by atoms with Gasteiger partial charge in [-0.2, -0.15) is 13.2 Å². The fourth-order valence-corrected chi connectivity index (χ4v) is 2.17. The average Bonchev–Trinajstić information content (AvgIpc) is 2.60. The number of aliphatic hydroxyl groups is 1. The highest BCUT2D eigenvalue weighted by molar-refractivity contribution is 5.87. The minimum atomic E-state index is -4.69. The second kappa shape index (κ2) is 6.93. The van der Waals surface area contributed by atoms with Gasteiger partial charge < -0.3 is 15.3 Å². The highest BCUT2D eigenvalue weighted by Crippen LogP contribution is 2.38. The molecule has 1 aliphatic heterocycles. The van der Waals surface area contributed by atoms with E-state index in [4.69, 9.17) is 0 Å². The molecule has 0 aliphatic carbocycles. The average molecular weight is 308 g/mol. The zero-order chi connectivity index (χ0) is 16.1. The van der Waals surface area contributed by atoms with E-state index in [1.54, 1.807) is 0 Å². The molecule has 0 aromatic heterocycles. The zero-order valence-corrected chi connectivity index (χ0v) is 11.6. The number of alkyl halides is 3. The van der Waals surface area contributed by atoms with E-state index in [2.05, 4.69) is 11.9 Å². The van der Waals surface area contributed by atoms with Gasteiger partial charge in [-0.05, 0) is 18.9 Å². The summed E-state index contributed by atoms with van der Waals surface area (Å²) >= 11 is 0. The lowest BCUT2D eigenvalue weighted by Crippen LogP contribution is -2.46. The molecular weight excluding hydrogens is 289 g/mol. The number of nitrogens with one attached hydrogen (secondary N) is 1. The summed E-state index contributed by atoms with van der Waals surface area (Å²) in [6.45, 7) is 3.38. The third-order valence-electron chi connectivity index (χ3n) is 3.52. The van der Waals surface area contributed by atoms with Gasteiger partial charge in [-0.3, -0.25) is 9.59 Å². The Morgan fingerprint density at radius 2 is 2.00 bits per heavy atom. The predicted octanol–water partition coefficient (Wildman–Crippen LogP) is 0.985. The molecule has 1 rings (SSSR count). The van der Waals surface area contributed by atoms with Gasteiger partial charge in [0.05, 0.1) is 0 Å². The first-order valence-corrected chi connectivity index (χ1v) is 6.67. The highest BCUT2D eigenvalue weighted by atomic mass is 19.4. The number of carbonyl (C=O) groups excluding carboxylic acids is 2. The van der Waals surface area contributed by atoms with Crippen molar-refractivity contribution in [2.24, 2.45) is 0 Å². The van der Waals surface area contributed by atoms with Crippen LogP contribution in [0.3, 0.4) is 0 Å². The molecule has 0 saturated carbocycles. The van der Waals surface area contributed by atoms with Crippen molar-refractivity contribution in [2.75, 3.05) is 19.6 Å². The van der Waals surface area contributed by atoms with Gasteiger partial charge in [-0.25, -0.2) is 0 Å². The van der Waals surface area contributed by atoms with Gasteiger partial charge in [0.15, 0.2) is 5.60 Å². The number of nitrogens with zero attached hydrogens (tertiary/aromatic N) is 1. The van der Waals surface area contributed by atoms with Crippen LogP contribution in [-0.4, -0.2) is 53.2 Å². The molecule has 120 valence electrons. The first-order valence-electron chi connectivity index (χ1n) is 6.67. The number of likely N-dealkylation sites (tertiary alicyclic amines) is 1. The fourth-order valence-electron chi connectivity index (χ4n) is 2.17. The van der Waals surface area contributed by atoms with Crippen molar-refractivity contribution in [2.45, 2.75) is 37.5 Å². The van der Waals surface area contributed by atoms with Crippen molar-refractivity contribution < 1.29 is 27.9 Å². The van der Waals surface area contributed by atoms with Crippen LogP contribution in [0.15, 0.2) is 12.7 Å². The van der Waals surface area contributed by atoms with E-state index in [0.29, 0.717) is 0 Å². The van der Waals surface area contributed by atoms with Crippen LogP contribution in [0, 0.1) is 0 Å². The van der Waals surface area contributed by atoms with Gasteiger partial charge in [0.1, 0.15) is 0 Å². The minimum Gasteiger partial charge on any atom is -0.380 e. The van der Waals surface area contributed by atoms with Crippen LogP contribution in [0.1, 0.15) is 25.7 Å². The molecule has 1 atom stereocenters. The SMILES string of the molecule is C=CC(=O)NCCC(=O)N1CCCC(O)(C(F)(F)F)CC1. The molecule has 1 heterocycles. The van der Waals surface area contributed by atoms with E-state index < -0.39 is 30.5 Å². The monoisotopic (exact) mass is 308 g/mol. The molecule has 1 fully saturated rings. The van der Waals surface area contributed by atoms with Crippen LogP contribution in [0.4, 0.5) is 13.2 Å². The van der Waals surface area contributed by atoms with Crippen LogP contribution >= 0.6 is 0 Å². The van der Waals surface area contributed by atoms with Crippen molar-refractivity contribution in [1.82, 2.24) is 10.2 Å². The number of carbonyl (C=O) groups is 2. The van der Waals surface area contributed by atoms with Crippen molar-refractivity contribution >= 4 is 11.8 Å². The lowest BCUT2D eigenvalue weighted by molar-refractivity contribution is -0.263. The maximum atomic E-state index is 12.8. The predicted molar refractivity (Wildman–Crippen MR) is 69.3 cm³/mol. The molecule has 0 spiro atoms. The molecule has 0 aromatic carbocycles. The lowest BCUT2D eigenvalue weighted by atomic mass is 9.94. The Bertz CT molecular complexity index is 412. The topological polar surface area (TPSA) is 69.6 Å². The quantitative estimate of drug-likeness (QED) is 0.761. The number of hydrogen-bond acceptors (Lipinski definition) is 3. The number of halogens is 3.